The number of benzene rings is 1. The van der Waals surface area contributed by atoms with E-state index in [1.165, 1.54) is 24.0 Å². The summed E-state index contributed by atoms with van der Waals surface area (Å²) in [5.41, 5.74) is 2.69. The van der Waals surface area contributed by atoms with Crippen LogP contribution in [0.15, 0.2) is 54.1 Å². The summed E-state index contributed by atoms with van der Waals surface area (Å²) < 4.78 is 20.0. The average molecular weight is 573 g/mol. The lowest BCUT2D eigenvalue weighted by molar-refractivity contribution is 0.0489. The molecule has 0 aliphatic heterocycles. The summed E-state index contributed by atoms with van der Waals surface area (Å²) in [6, 6.07) is 10.5. The highest BCUT2D eigenvalue weighted by Crippen LogP contribution is 2.40. The Balaban J connectivity index is 2.21. The van der Waals surface area contributed by atoms with Crippen molar-refractivity contribution in [2.24, 2.45) is 11.8 Å². The maximum Gasteiger partial charge on any atom is 0.192 e. The summed E-state index contributed by atoms with van der Waals surface area (Å²) in [4.78, 5) is 0. The van der Waals surface area contributed by atoms with Gasteiger partial charge in [-0.05, 0) is 72.6 Å². The zero-order valence-corrected chi connectivity index (χ0v) is 29.4. The number of rotatable bonds is 12. The van der Waals surface area contributed by atoms with Crippen LogP contribution in [-0.2, 0) is 20.2 Å². The SMILES string of the molecule is C[C@H](/C=C1/CCCC[C@H]1O[Si](C)(C)C(C)(C)C)[C@H](C=C[C@H](C)CO[Si](C)(C)C(C)(C)C)OCc1ccccc1. The molecule has 0 spiro atoms. The fraction of sp³-hybridized carbons (Fsp3) is 0.706. The molecule has 1 aliphatic carbocycles. The van der Waals surface area contributed by atoms with Crippen molar-refractivity contribution in [1.82, 2.24) is 0 Å². The van der Waals surface area contributed by atoms with Crippen molar-refractivity contribution in [3.63, 3.8) is 0 Å². The highest BCUT2D eigenvalue weighted by molar-refractivity contribution is 6.74. The Morgan fingerprint density at radius 2 is 1.49 bits per heavy atom. The first kappa shape index (κ1) is 34.2. The Morgan fingerprint density at radius 3 is 2.08 bits per heavy atom. The van der Waals surface area contributed by atoms with E-state index in [1.807, 2.05) is 0 Å². The van der Waals surface area contributed by atoms with Gasteiger partial charge in [0.15, 0.2) is 16.6 Å². The Morgan fingerprint density at radius 1 is 0.872 bits per heavy atom. The normalized spacial score (nSPS) is 21.3. The lowest BCUT2D eigenvalue weighted by Crippen LogP contribution is -2.45. The summed E-state index contributed by atoms with van der Waals surface area (Å²) in [6.45, 7) is 29.3. The van der Waals surface area contributed by atoms with Crippen LogP contribution in [0.25, 0.3) is 0 Å². The van der Waals surface area contributed by atoms with E-state index in [2.05, 4.69) is 130 Å². The molecule has 0 saturated heterocycles. The highest BCUT2D eigenvalue weighted by atomic mass is 28.4. The van der Waals surface area contributed by atoms with Crippen LogP contribution in [0, 0.1) is 11.8 Å². The number of ether oxygens (including phenoxy) is 1. The fourth-order valence-electron chi connectivity index (χ4n) is 4.36. The molecule has 0 amide bonds. The molecule has 0 radical (unpaired) electrons. The van der Waals surface area contributed by atoms with Gasteiger partial charge in [0, 0.05) is 12.5 Å². The van der Waals surface area contributed by atoms with Crippen molar-refractivity contribution >= 4 is 16.6 Å². The van der Waals surface area contributed by atoms with Gasteiger partial charge < -0.3 is 13.6 Å². The second-order valence-corrected chi connectivity index (χ2v) is 24.5. The third kappa shape index (κ3) is 10.7. The minimum atomic E-state index is -1.84. The molecule has 0 aromatic heterocycles. The molecule has 5 heteroatoms. The van der Waals surface area contributed by atoms with E-state index in [9.17, 15) is 0 Å². The van der Waals surface area contributed by atoms with Crippen molar-refractivity contribution in [1.29, 1.82) is 0 Å². The molecule has 3 nitrogen and oxygen atoms in total. The minimum Gasteiger partial charge on any atom is -0.416 e. The van der Waals surface area contributed by atoms with Crippen LogP contribution in [0.2, 0.25) is 36.3 Å². The second-order valence-electron chi connectivity index (χ2n) is 14.9. The Labute approximate surface area is 244 Å². The van der Waals surface area contributed by atoms with Crippen molar-refractivity contribution in [3.05, 3.63) is 59.7 Å². The summed E-state index contributed by atoms with van der Waals surface area (Å²) in [5, 5.41) is 0.440. The Bertz CT molecular complexity index is 922. The number of hydrogen-bond acceptors (Lipinski definition) is 3. The predicted molar refractivity (Wildman–Crippen MR) is 174 cm³/mol. The van der Waals surface area contributed by atoms with Crippen molar-refractivity contribution < 1.29 is 13.6 Å². The van der Waals surface area contributed by atoms with Crippen molar-refractivity contribution in [2.45, 2.75) is 136 Å². The lowest BCUT2D eigenvalue weighted by Gasteiger charge is -2.41. The molecule has 1 aliphatic rings. The van der Waals surface area contributed by atoms with Crippen LogP contribution in [0.3, 0.4) is 0 Å². The minimum absolute atomic E-state index is 0.00322. The first-order chi connectivity index (χ1) is 17.9. The van der Waals surface area contributed by atoms with Gasteiger partial charge in [0.25, 0.3) is 0 Å². The van der Waals surface area contributed by atoms with Gasteiger partial charge in [-0.25, -0.2) is 0 Å². The average Bonchev–Trinajstić information content (AvgIpc) is 2.83. The summed E-state index contributed by atoms with van der Waals surface area (Å²) in [5.74, 6) is 0.600. The summed E-state index contributed by atoms with van der Waals surface area (Å²) in [7, 11) is -3.60. The molecule has 1 saturated carbocycles. The topological polar surface area (TPSA) is 27.7 Å². The van der Waals surface area contributed by atoms with Crippen LogP contribution in [0.4, 0.5) is 0 Å². The van der Waals surface area contributed by atoms with Crippen LogP contribution in [0.5, 0.6) is 0 Å². The first-order valence-electron chi connectivity index (χ1n) is 15.3. The van der Waals surface area contributed by atoms with E-state index in [-0.39, 0.29) is 28.2 Å². The predicted octanol–water partition coefficient (Wildman–Crippen LogP) is 10.3. The van der Waals surface area contributed by atoms with Crippen molar-refractivity contribution in [2.75, 3.05) is 6.61 Å². The summed E-state index contributed by atoms with van der Waals surface area (Å²) in [6.07, 6.45) is 12.1. The van der Waals surface area contributed by atoms with E-state index in [4.69, 9.17) is 13.6 Å². The molecular weight excluding hydrogens is 513 g/mol. The van der Waals surface area contributed by atoms with E-state index in [1.54, 1.807) is 0 Å². The van der Waals surface area contributed by atoms with E-state index >= 15 is 0 Å². The molecular formula is C34H60O3Si2. The third-order valence-electron chi connectivity index (χ3n) is 9.26. The van der Waals surface area contributed by atoms with Gasteiger partial charge in [-0.2, -0.15) is 0 Å². The lowest BCUT2D eigenvalue weighted by atomic mass is 9.88. The van der Waals surface area contributed by atoms with Gasteiger partial charge in [0.1, 0.15) is 0 Å². The molecule has 4 atom stereocenters. The Kier molecular flexibility index (Phi) is 12.5. The molecule has 1 aromatic rings. The van der Waals surface area contributed by atoms with Gasteiger partial charge in [-0.1, -0.05) is 110 Å². The van der Waals surface area contributed by atoms with Gasteiger partial charge >= 0.3 is 0 Å². The van der Waals surface area contributed by atoms with Crippen LogP contribution in [-0.4, -0.2) is 35.4 Å². The smallest absolute Gasteiger partial charge is 0.192 e. The van der Waals surface area contributed by atoms with Gasteiger partial charge in [-0.3, -0.25) is 0 Å². The highest BCUT2D eigenvalue weighted by Gasteiger charge is 2.40. The van der Waals surface area contributed by atoms with E-state index < -0.39 is 16.6 Å². The zero-order chi connectivity index (χ0) is 29.5. The molecule has 1 fully saturated rings. The first-order valence-corrected chi connectivity index (χ1v) is 21.1. The quantitative estimate of drug-likeness (QED) is 0.184. The fourth-order valence-corrected chi connectivity index (χ4v) is 6.80. The molecule has 222 valence electrons. The van der Waals surface area contributed by atoms with Gasteiger partial charge in [0.05, 0.1) is 18.8 Å². The Hall–Kier alpha value is -0.986. The molecule has 0 bridgehead atoms. The third-order valence-corrected chi connectivity index (χ3v) is 18.2. The maximum atomic E-state index is 6.95. The maximum absolute atomic E-state index is 6.95. The van der Waals surface area contributed by atoms with Crippen LogP contribution < -0.4 is 0 Å². The molecule has 1 aromatic carbocycles. The zero-order valence-electron chi connectivity index (χ0n) is 27.4. The molecule has 0 heterocycles. The van der Waals surface area contributed by atoms with E-state index in [0.29, 0.717) is 12.5 Å². The van der Waals surface area contributed by atoms with Crippen LogP contribution in [0.1, 0.15) is 86.6 Å². The number of hydrogen-bond donors (Lipinski definition) is 0. The molecule has 39 heavy (non-hydrogen) atoms. The molecule has 0 unspecified atom stereocenters. The molecule has 2 rings (SSSR count). The van der Waals surface area contributed by atoms with Gasteiger partial charge in [-0.15, -0.1) is 0 Å². The van der Waals surface area contributed by atoms with Gasteiger partial charge in [0.2, 0.25) is 0 Å². The molecule has 0 N–H and O–H groups in total. The second kappa shape index (κ2) is 14.3. The summed E-state index contributed by atoms with van der Waals surface area (Å²) >= 11 is 0. The standard InChI is InChI=1S/C34H60O3Si2/c1-27(25-36-38(9,10)33(3,4)5)22-23-31(35-26-29-18-14-13-15-19-29)28(2)24-30-20-16-17-21-32(30)37-39(11,12)34(6,7)8/h13-15,18-19,22-24,27-28,31-32H,16-17,20-21,25-26H2,1-12H3/b23-22?,30-24-/t27-,28+,31-,32+/m0/s1. The van der Waals surface area contributed by atoms with E-state index in [0.717, 1.165) is 19.4 Å². The monoisotopic (exact) mass is 572 g/mol. The van der Waals surface area contributed by atoms with Crippen molar-refractivity contribution in [3.8, 4) is 0 Å². The largest absolute Gasteiger partial charge is 0.416 e. The van der Waals surface area contributed by atoms with Crippen LogP contribution >= 0.6 is 0 Å².